The van der Waals surface area contributed by atoms with Gasteiger partial charge in [0.15, 0.2) is 0 Å². The van der Waals surface area contributed by atoms with Crippen molar-refractivity contribution in [1.29, 1.82) is 0 Å². The molecule has 2 saturated heterocycles. The van der Waals surface area contributed by atoms with Crippen molar-refractivity contribution in [3.63, 3.8) is 0 Å². The van der Waals surface area contributed by atoms with E-state index in [2.05, 4.69) is 28.4 Å². The molecule has 1 atom stereocenters. The molecule has 4 rings (SSSR count). The normalized spacial score (nSPS) is 20.4. The Bertz CT molecular complexity index is 759. The number of benzene rings is 2. The van der Waals surface area contributed by atoms with Crippen LogP contribution in [0, 0.1) is 0 Å². The highest BCUT2D eigenvalue weighted by Gasteiger charge is 2.26. The van der Waals surface area contributed by atoms with Crippen molar-refractivity contribution in [3.05, 3.63) is 60.2 Å². The van der Waals surface area contributed by atoms with Gasteiger partial charge in [-0.2, -0.15) is 0 Å². The summed E-state index contributed by atoms with van der Waals surface area (Å²) in [6.07, 6.45) is 1.99. The lowest BCUT2D eigenvalue weighted by molar-refractivity contribution is 0.0539. The van der Waals surface area contributed by atoms with Crippen LogP contribution < -0.4 is 15.0 Å². The molecule has 2 aliphatic rings. The Morgan fingerprint density at radius 2 is 1.70 bits per heavy atom. The summed E-state index contributed by atoms with van der Waals surface area (Å²) in [5.41, 5.74) is 1.91. The molecule has 1 N–H and O–H groups in total. The Labute approximate surface area is 160 Å². The van der Waals surface area contributed by atoms with Gasteiger partial charge in [0.1, 0.15) is 11.9 Å². The summed E-state index contributed by atoms with van der Waals surface area (Å²) in [7, 11) is 0. The van der Waals surface area contributed by atoms with Crippen LogP contribution in [0.4, 0.5) is 5.69 Å². The van der Waals surface area contributed by atoms with E-state index in [1.54, 1.807) is 0 Å². The molecule has 0 radical (unpaired) electrons. The molecule has 5 heteroatoms. The molecule has 0 aliphatic carbocycles. The van der Waals surface area contributed by atoms with Crippen molar-refractivity contribution in [1.82, 2.24) is 10.2 Å². The summed E-state index contributed by atoms with van der Waals surface area (Å²) in [6.45, 7) is 5.41. The molecule has 2 aromatic carbocycles. The first-order chi connectivity index (χ1) is 13.3. The fourth-order valence-corrected chi connectivity index (χ4v) is 3.89. The zero-order chi connectivity index (χ0) is 18.5. The molecule has 2 aliphatic heterocycles. The van der Waals surface area contributed by atoms with E-state index < -0.39 is 0 Å². The third-order valence-corrected chi connectivity index (χ3v) is 5.30. The summed E-state index contributed by atoms with van der Waals surface area (Å²) in [6, 6.07) is 17.8. The van der Waals surface area contributed by atoms with Gasteiger partial charge in [-0.3, -0.25) is 4.79 Å². The quantitative estimate of drug-likeness (QED) is 0.905. The molecule has 0 bridgehead atoms. The zero-order valence-corrected chi connectivity index (χ0v) is 15.6. The van der Waals surface area contributed by atoms with Crippen molar-refractivity contribution in [2.45, 2.75) is 18.9 Å². The second kappa shape index (κ2) is 8.44. The van der Waals surface area contributed by atoms with Crippen molar-refractivity contribution < 1.29 is 9.53 Å². The minimum absolute atomic E-state index is 0.0375. The Hall–Kier alpha value is -2.53. The highest BCUT2D eigenvalue weighted by molar-refractivity contribution is 5.94. The van der Waals surface area contributed by atoms with Gasteiger partial charge in [0, 0.05) is 38.3 Å². The molecule has 142 valence electrons. The van der Waals surface area contributed by atoms with Crippen LogP contribution in [0.5, 0.6) is 5.75 Å². The molecule has 1 amide bonds. The molecular weight excluding hydrogens is 338 g/mol. The van der Waals surface area contributed by atoms with Gasteiger partial charge < -0.3 is 19.9 Å². The van der Waals surface area contributed by atoms with Gasteiger partial charge in [0.2, 0.25) is 0 Å². The first kappa shape index (κ1) is 17.9. The number of amides is 1. The van der Waals surface area contributed by atoms with Crippen LogP contribution >= 0.6 is 0 Å². The number of likely N-dealkylation sites (tertiary alicyclic amines) is 1. The average molecular weight is 365 g/mol. The van der Waals surface area contributed by atoms with E-state index in [0.717, 1.165) is 62.6 Å². The smallest absolute Gasteiger partial charge is 0.253 e. The van der Waals surface area contributed by atoms with Gasteiger partial charge >= 0.3 is 0 Å². The summed E-state index contributed by atoms with van der Waals surface area (Å²) in [5.74, 6) is 1.03. The number of rotatable bonds is 4. The van der Waals surface area contributed by atoms with Crippen molar-refractivity contribution in [3.8, 4) is 5.75 Å². The van der Waals surface area contributed by atoms with Gasteiger partial charge in [-0.15, -0.1) is 0 Å². The molecule has 0 aromatic heterocycles. The number of anilines is 1. The lowest BCUT2D eigenvalue weighted by Gasteiger charge is -2.35. The van der Waals surface area contributed by atoms with Gasteiger partial charge in [-0.25, -0.2) is 0 Å². The van der Waals surface area contributed by atoms with Crippen LogP contribution in [0.25, 0.3) is 0 Å². The van der Waals surface area contributed by atoms with Crippen LogP contribution in [-0.2, 0) is 0 Å². The van der Waals surface area contributed by atoms with Crippen LogP contribution in [0.1, 0.15) is 23.2 Å². The predicted octanol–water partition coefficient (Wildman–Crippen LogP) is 2.78. The average Bonchev–Trinajstić information content (AvgIpc) is 2.75. The summed E-state index contributed by atoms with van der Waals surface area (Å²) in [5, 5.41) is 3.39. The number of piperidine rings is 1. The van der Waals surface area contributed by atoms with E-state index in [0.29, 0.717) is 6.54 Å². The standard InChI is InChI=1S/C22H27N3O2/c26-22(18-7-2-1-3-8-18)25-14-6-9-19(17-25)27-21-11-5-4-10-20(21)24-15-12-23-13-16-24/h1-5,7-8,10-11,19,23H,6,9,12-17H2/t19-/m1/s1. The number of hydrogen-bond acceptors (Lipinski definition) is 4. The van der Waals surface area contributed by atoms with Crippen molar-refractivity contribution in [2.75, 3.05) is 44.2 Å². The molecule has 0 spiro atoms. The number of ether oxygens (including phenoxy) is 1. The molecule has 2 aromatic rings. The maximum atomic E-state index is 12.8. The van der Waals surface area contributed by atoms with Crippen LogP contribution in [0.3, 0.4) is 0 Å². The summed E-state index contributed by atoms with van der Waals surface area (Å²) in [4.78, 5) is 17.1. The molecule has 27 heavy (non-hydrogen) atoms. The van der Waals surface area contributed by atoms with E-state index >= 15 is 0 Å². The Morgan fingerprint density at radius 3 is 2.52 bits per heavy atom. The highest BCUT2D eigenvalue weighted by Crippen LogP contribution is 2.30. The van der Waals surface area contributed by atoms with Gasteiger partial charge in [-0.1, -0.05) is 30.3 Å². The van der Waals surface area contributed by atoms with Crippen LogP contribution in [0.2, 0.25) is 0 Å². The molecular formula is C22H27N3O2. The first-order valence-corrected chi connectivity index (χ1v) is 9.87. The number of piperazine rings is 1. The zero-order valence-electron chi connectivity index (χ0n) is 15.6. The Balaban J connectivity index is 1.45. The van der Waals surface area contributed by atoms with E-state index in [1.807, 2.05) is 41.3 Å². The summed E-state index contributed by atoms with van der Waals surface area (Å²) < 4.78 is 6.40. The van der Waals surface area contributed by atoms with E-state index in [4.69, 9.17) is 4.74 Å². The Morgan fingerprint density at radius 1 is 0.963 bits per heavy atom. The first-order valence-electron chi connectivity index (χ1n) is 9.87. The summed E-state index contributed by atoms with van der Waals surface area (Å²) >= 11 is 0. The minimum Gasteiger partial charge on any atom is -0.486 e. The second-order valence-corrected chi connectivity index (χ2v) is 7.20. The number of nitrogens with one attached hydrogen (secondary N) is 1. The lowest BCUT2D eigenvalue weighted by Crippen LogP contribution is -2.45. The molecule has 2 fully saturated rings. The largest absolute Gasteiger partial charge is 0.486 e. The Kier molecular flexibility index (Phi) is 5.58. The number of para-hydroxylation sites is 2. The third kappa shape index (κ3) is 4.25. The van der Waals surface area contributed by atoms with Crippen LogP contribution in [0.15, 0.2) is 54.6 Å². The predicted molar refractivity (Wildman–Crippen MR) is 108 cm³/mol. The van der Waals surface area contributed by atoms with E-state index in [1.165, 1.54) is 0 Å². The third-order valence-electron chi connectivity index (χ3n) is 5.30. The van der Waals surface area contributed by atoms with Gasteiger partial charge in [-0.05, 0) is 37.1 Å². The number of carbonyl (C=O) groups is 1. The second-order valence-electron chi connectivity index (χ2n) is 7.20. The van der Waals surface area contributed by atoms with E-state index in [-0.39, 0.29) is 12.0 Å². The number of hydrogen-bond donors (Lipinski definition) is 1. The number of nitrogens with zero attached hydrogens (tertiary/aromatic N) is 2. The fourth-order valence-electron chi connectivity index (χ4n) is 3.89. The molecule has 0 unspecified atom stereocenters. The van der Waals surface area contributed by atoms with Crippen molar-refractivity contribution >= 4 is 11.6 Å². The highest BCUT2D eigenvalue weighted by atomic mass is 16.5. The van der Waals surface area contributed by atoms with Gasteiger partial charge in [0.05, 0.1) is 12.2 Å². The van der Waals surface area contributed by atoms with Crippen molar-refractivity contribution in [2.24, 2.45) is 0 Å². The monoisotopic (exact) mass is 365 g/mol. The maximum absolute atomic E-state index is 12.8. The van der Waals surface area contributed by atoms with Gasteiger partial charge in [0.25, 0.3) is 5.91 Å². The fraction of sp³-hybridized carbons (Fsp3) is 0.409. The molecule has 0 saturated carbocycles. The topological polar surface area (TPSA) is 44.8 Å². The lowest BCUT2D eigenvalue weighted by atomic mass is 10.1. The van der Waals surface area contributed by atoms with E-state index in [9.17, 15) is 4.79 Å². The maximum Gasteiger partial charge on any atom is 0.253 e. The molecule has 5 nitrogen and oxygen atoms in total. The molecule has 2 heterocycles. The number of carbonyl (C=O) groups excluding carboxylic acids is 1. The minimum atomic E-state index is 0.0375. The van der Waals surface area contributed by atoms with Crippen LogP contribution in [-0.4, -0.2) is 56.2 Å². The SMILES string of the molecule is O=C(c1ccccc1)N1CCC[C@@H](Oc2ccccc2N2CCNCC2)C1.